The molecule has 1 aromatic heterocycles. The monoisotopic (exact) mass is 173 g/mol. The summed E-state index contributed by atoms with van der Waals surface area (Å²) in [5, 5.41) is 7.36. The number of hydrogen-bond acceptors (Lipinski definition) is 3. The van der Waals surface area contributed by atoms with Gasteiger partial charge in [-0.1, -0.05) is 17.8 Å². The van der Waals surface area contributed by atoms with E-state index in [0.717, 1.165) is 0 Å². The van der Waals surface area contributed by atoms with E-state index in [4.69, 9.17) is 16.3 Å². The lowest BCUT2D eigenvalue weighted by Crippen LogP contribution is -1.94. The average Bonchev–Trinajstić information content (AvgIpc) is 2.48. The molecule has 0 aliphatic carbocycles. The summed E-state index contributed by atoms with van der Waals surface area (Å²) >= 11 is 5.46. The normalized spacial score (nSPS) is 9.55. The van der Waals surface area contributed by atoms with Crippen LogP contribution < -0.4 is 4.74 Å². The zero-order chi connectivity index (χ0) is 8.10. The summed E-state index contributed by atoms with van der Waals surface area (Å²) in [7, 11) is 0. The van der Waals surface area contributed by atoms with E-state index in [0.29, 0.717) is 24.3 Å². The lowest BCUT2D eigenvalue weighted by atomic mass is 10.7. The summed E-state index contributed by atoms with van der Waals surface area (Å²) in [6, 6.07) is 0.376. The van der Waals surface area contributed by atoms with Crippen molar-refractivity contribution in [3.63, 3.8) is 0 Å². The number of nitrogens with one attached hydrogen (secondary N) is 1. The number of hydrogen-bond donors (Lipinski definition) is 1. The van der Waals surface area contributed by atoms with Gasteiger partial charge in [0.05, 0.1) is 5.88 Å². The molecule has 1 N–H and O–H groups in total. The molecule has 4 nitrogen and oxygen atoms in total. The van der Waals surface area contributed by atoms with Gasteiger partial charge in [-0.2, -0.15) is 0 Å². The number of halogens is 1. The first-order chi connectivity index (χ1) is 5.36. The van der Waals surface area contributed by atoms with Crippen LogP contribution in [0.2, 0.25) is 0 Å². The third kappa shape index (κ3) is 2.23. The summed E-state index contributed by atoms with van der Waals surface area (Å²) in [5.41, 5.74) is 0. The van der Waals surface area contributed by atoms with Gasteiger partial charge in [0, 0.05) is 0 Å². The van der Waals surface area contributed by atoms with Crippen molar-refractivity contribution in [1.29, 1.82) is 0 Å². The lowest BCUT2D eigenvalue weighted by molar-refractivity contribution is 0.334. The Hall–Kier alpha value is -1.03. The number of nitrogens with zero attached hydrogens (tertiary/aromatic N) is 2. The Labute approximate surface area is 69.2 Å². The van der Waals surface area contributed by atoms with Gasteiger partial charge in [-0.3, -0.25) is 4.98 Å². The Morgan fingerprint density at radius 2 is 2.45 bits per heavy atom. The molecule has 0 radical (unpaired) electrons. The van der Waals surface area contributed by atoms with Crippen LogP contribution in [0.1, 0.15) is 5.82 Å². The molecule has 0 aliphatic heterocycles. The van der Waals surface area contributed by atoms with Crippen molar-refractivity contribution in [2.24, 2.45) is 0 Å². The van der Waals surface area contributed by atoms with Crippen LogP contribution in [-0.2, 0) is 5.88 Å². The molecule has 1 rings (SSSR count). The van der Waals surface area contributed by atoms with Crippen molar-refractivity contribution in [3.8, 4) is 6.01 Å². The van der Waals surface area contributed by atoms with E-state index < -0.39 is 0 Å². The van der Waals surface area contributed by atoms with E-state index in [1.165, 1.54) is 0 Å². The van der Waals surface area contributed by atoms with Crippen LogP contribution in [0, 0.1) is 0 Å². The second kappa shape index (κ2) is 3.98. The van der Waals surface area contributed by atoms with Crippen LogP contribution in [0.4, 0.5) is 0 Å². The van der Waals surface area contributed by atoms with Gasteiger partial charge in [0.25, 0.3) is 0 Å². The van der Waals surface area contributed by atoms with Gasteiger partial charge in [0.1, 0.15) is 12.4 Å². The molecule has 0 amide bonds. The molecule has 0 unspecified atom stereocenters. The van der Waals surface area contributed by atoms with Crippen LogP contribution in [0.3, 0.4) is 0 Å². The van der Waals surface area contributed by atoms with E-state index in [1.54, 1.807) is 6.08 Å². The van der Waals surface area contributed by atoms with Crippen LogP contribution in [0.5, 0.6) is 6.01 Å². The first kappa shape index (κ1) is 8.07. The van der Waals surface area contributed by atoms with Gasteiger partial charge >= 0.3 is 6.01 Å². The molecule has 5 heteroatoms. The standard InChI is InChI=1S/C6H8ClN3O/c1-2-3-11-6-8-5(4-7)9-10-6/h2H,1,3-4H2,(H,8,9,10). The molecule has 11 heavy (non-hydrogen) atoms. The Morgan fingerprint density at radius 1 is 1.64 bits per heavy atom. The van der Waals surface area contributed by atoms with Crippen molar-refractivity contribution < 1.29 is 4.74 Å². The number of aromatic amines is 1. The zero-order valence-electron chi connectivity index (χ0n) is 5.88. The van der Waals surface area contributed by atoms with Crippen LogP contribution in [0.25, 0.3) is 0 Å². The Bertz CT molecular complexity index is 235. The molecule has 0 atom stereocenters. The van der Waals surface area contributed by atoms with Crippen LogP contribution in [0.15, 0.2) is 12.7 Å². The summed E-state index contributed by atoms with van der Waals surface area (Å²) in [4.78, 5) is 2.77. The molecule has 1 heterocycles. The Morgan fingerprint density at radius 3 is 3.00 bits per heavy atom. The molecule has 0 aromatic carbocycles. The van der Waals surface area contributed by atoms with Gasteiger partial charge in [0.2, 0.25) is 0 Å². The molecule has 1 aromatic rings. The topological polar surface area (TPSA) is 50.8 Å². The average molecular weight is 174 g/mol. The molecular formula is C6H8ClN3O. The van der Waals surface area contributed by atoms with E-state index in [1.807, 2.05) is 0 Å². The second-order valence-electron chi connectivity index (χ2n) is 1.81. The van der Waals surface area contributed by atoms with E-state index in [9.17, 15) is 0 Å². The summed E-state index contributed by atoms with van der Waals surface area (Å²) in [5.74, 6) is 0.912. The van der Waals surface area contributed by atoms with Crippen molar-refractivity contribution in [3.05, 3.63) is 18.5 Å². The van der Waals surface area contributed by atoms with Gasteiger partial charge < -0.3 is 4.74 Å². The van der Waals surface area contributed by atoms with Crippen molar-refractivity contribution in [1.82, 2.24) is 15.2 Å². The molecule has 0 aliphatic rings. The highest BCUT2D eigenvalue weighted by molar-refractivity contribution is 6.16. The molecule has 0 saturated carbocycles. The first-order valence-electron chi connectivity index (χ1n) is 3.08. The second-order valence-corrected chi connectivity index (χ2v) is 2.08. The first-order valence-corrected chi connectivity index (χ1v) is 3.61. The number of alkyl halides is 1. The predicted molar refractivity (Wildman–Crippen MR) is 41.6 cm³/mol. The molecule has 0 fully saturated rings. The minimum absolute atomic E-state index is 0.310. The van der Waals surface area contributed by atoms with E-state index in [-0.39, 0.29) is 0 Å². The van der Waals surface area contributed by atoms with E-state index in [2.05, 4.69) is 21.8 Å². The molecule has 60 valence electrons. The predicted octanol–water partition coefficient (Wildman–Crippen LogP) is 1.11. The van der Waals surface area contributed by atoms with Crippen molar-refractivity contribution >= 4 is 11.6 Å². The summed E-state index contributed by atoms with van der Waals surface area (Å²) < 4.78 is 5.03. The van der Waals surface area contributed by atoms with Gasteiger partial charge in [-0.15, -0.1) is 16.7 Å². The fourth-order valence-corrected chi connectivity index (χ4v) is 0.662. The maximum Gasteiger partial charge on any atom is 0.314 e. The van der Waals surface area contributed by atoms with Crippen LogP contribution in [-0.4, -0.2) is 21.8 Å². The van der Waals surface area contributed by atoms with Crippen LogP contribution >= 0.6 is 11.6 Å². The number of H-pyrrole nitrogens is 1. The zero-order valence-corrected chi connectivity index (χ0v) is 6.64. The smallest absolute Gasteiger partial charge is 0.314 e. The molecule has 0 spiro atoms. The maximum atomic E-state index is 5.46. The Balaban J connectivity index is 2.50. The fourth-order valence-electron chi connectivity index (χ4n) is 0.542. The maximum absolute atomic E-state index is 5.46. The lowest BCUT2D eigenvalue weighted by Gasteiger charge is -1.93. The molecule has 0 bridgehead atoms. The highest BCUT2D eigenvalue weighted by Crippen LogP contribution is 2.02. The third-order valence-electron chi connectivity index (χ3n) is 0.977. The number of rotatable bonds is 4. The number of aromatic nitrogens is 3. The van der Waals surface area contributed by atoms with Gasteiger partial charge in [-0.25, -0.2) is 0 Å². The quantitative estimate of drug-likeness (QED) is 0.548. The highest BCUT2D eigenvalue weighted by atomic mass is 35.5. The fraction of sp³-hybridized carbons (Fsp3) is 0.333. The summed E-state index contributed by atoms with van der Waals surface area (Å²) in [6.07, 6.45) is 1.63. The molecule has 0 saturated heterocycles. The van der Waals surface area contributed by atoms with Crippen molar-refractivity contribution in [2.45, 2.75) is 5.88 Å². The van der Waals surface area contributed by atoms with Gasteiger partial charge in [0.15, 0.2) is 0 Å². The third-order valence-corrected chi connectivity index (χ3v) is 1.23. The Kier molecular flexibility index (Phi) is 2.92. The summed E-state index contributed by atoms with van der Waals surface area (Å²) in [6.45, 7) is 3.90. The minimum atomic E-state index is 0.310. The SMILES string of the molecule is C=CCOc1nnc(CCl)[nH]1. The minimum Gasteiger partial charge on any atom is -0.459 e. The van der Waals surface area contributed by atoms with Crippen molar-refractivity contribution in [2.75, 3.05) is 6.61 Å². The molecular weight excluding hydrogens is 166 g/mol. The van der Waals surface area contributed by atoms with Gasteiger partial charge in [-0.05, 0) is 0 Å². The van der Waals surface area contributed by atoms with E-state index >= 15 is 0 Å². The highest BCUT2D eigenvalue weighted by Gasteiger charge is 1.99. The largest absolute Gasteiger partial charge is 0.459 e. The number of ether oxygens (including phenoxy) is 1.